The van der Waals surface area contributed by atoms with Gasteiger partial charge in [0.1, 0.15) is 0 Å². The average Bonchev–Trinajstić information content (AvgIpc) is 2.33. The first-order valence-corrected chi connectivity index (χ1v) is 6.12. The molecular formula is C14H19NO3. The summed E-state index contributed by atoms with van der Waals surface area (Å²) in [7, 11) is 3.21. The number of hydrogen-bond acceptors (Lipinski definition) is 3. The van der Waals surface area contributed by atoms with Crippen molar-refractivity contribution in [3.8, 4) is 11.5 Å². The summed E-state index contributed by atoms with van der Waals surface area (Å²) in [5, 5.41) is 0. The summed E-state index contributed by atoms with van der Waals surface area (Å²) >= 11 is 0. The third kappa shape index (κ3) is 2.15. The normalized spacial score (nSPS) is 16.8. The lowest BCUT2D eigenvalue weighted by molar-refractivity contribution is -0.132. The lowest BCUT2D eigenvalue weighted by Crippen LogP contribution is -2.44. The number of amides is 1. The molecule has 1 aliphatic rings. The summed E-state index contributed by atoms with van der Waals surface area (Å²) in [6, 6.07) is 5.74. The molecule has 0 aromatic heterocycles. The smallest absolute Gasteiger partial charge is 0.223 e. The molecule has 0 saturated heterocycles. The Kier molecular flexibility index (Phi) is 3.45. The van der Waals surface area contributed by atoms with Crippen LogP contribution in [0, 0.1) is 5.41 Å². The minimum absolute atomic E-state index is 0.191. The van der Waals surface area contributed by atoms with Crippen LogP contribution >= 0.6 is 0 Å². The molecule has 0 spiro atoms. The van der Waals surface area contributed by atoms with Crippen LogP contribution in [0.1, 0.15) is 24.8 Å². The van der Waals surface area contributed by atoms with E-state index in [0.717, 1.165) is 24.8 Å². The molecule has 1 amide bonds. The molecular weight excluding hydrogens is 230 g/mol. The van der Waals surface area contributed by atoms with Crippen molar-refractivity contribution < 1.29 is 14.3 Å². The minimum atomic E-state index is -0.348. The van der Waals surface area contributed by atoms with Crippen LogP contribution in [0.5, 0.6) is 11.5 Å². The lowest BCUT2D eigenvalue weighted by atomic mass is 9.65. The number of carbonyl (C=O) groups is 1. The van der Waals surface area contributed by atoms with Gasteiger partial charge in [-0.3, -0.25) is 4.79 Å². The van der Waals surface area contributed by atoms with Crippen LogP contribution in [0.15, 0.2) is 18.2 Å². The molecule has 1 fully saturated rings. The SMILES string of the molecule is COc1ccc(CC2(C(N)=O)CCC2)cc1OC. The second-order valence-electron chi connectivity index (χ2n) is 4.86. The van der Waals surface area contributed by atoms with Crippen molar-refractivity contribution in [2.75, 3.05) is 14.2 Å². The highest BCUT2D eigenvalue weighted by molar-refractivity contribution is 5.82. The molecule has 0 heterocycles. The Morgan fingerprint density at radius 1 is 1.28 bits per heavy atom. The Hall–Kier alpha value is -1.71. The van der Waals surface area contributed by atoms with Crippen LogP contribution in [0.2, 0.25) is 0 Å². The van der Waals surface area contributed by atoms with E-state index in [2.05, 4.69) is 0 Å². The number of primary amides is 1. The minimum Gasteiger partial charge on any atom is -0.493 e. The Balaban J connectivity index is 2.21. The first-order valence-electron chi connectivity index (χ1n) is 6.12. The van der Waals surface area contributed by atoms with Crippen molar-refractivity contribution in [1.82, 2.24) is 0 Å². The molecule has 1 aromatic carbocycles. The zero-order chi connectivity index (χ0) is 13.2. The van der Waals surface area contributed by atoms with E-state index < -0.39 is 0 Å². The molecule has 98 valence electrons. The topological polar surface area (TPSA) is 61.5 Å². The number of hydrogen-bond donors (Lipinski definition) is 1. The molecule has 18 heavy (non-hydrogen) atoms. The highest BCUT2D eigenvalue weighted by atomic mass is 16.5. The summed E-state index contributed by atoms with van der Waals surface area (Å²) in [6.07, 6.45) is 3.53. The zero-order valence-corrected chi connectivity index (χ0v) is 10.9. The number of carbonyl (C=O) groups excluding carboxylic acids is 1. The van der Waals surface area contributed by atoms with Gasteiger partial charge in [0.15, 0.2) is 11.5 Å². The maximum atomic E-state index is 11.6. The number of benzene rings is 1. The molecule has 1 aromatic rings. The lowest BCUT2D eigenvalue weighted by Gasteiger charge is -2.39. The van der Waals surface area contributed by atoms with Gasteiger partial charge in [0.05, 0.1) is 19.6 Å². The highest BCUT2D eigenvalue weighted by Gasteiger charge is 2.42. The fourth-order valence-corrected chi connectivity index (χ4v) is 2.50. The van der Waals surface area contributed by atoms with Gasteiger partial charge in [-0.2, -0.15) is 0 Å². The van der Waals surface area contributed by atoms with Gasteiger partial charge < -0.3 is 15.2 Å². The quantitative estimate of drug-likeness (QED) is 0.867. The van der Waals surface area contributed by atoms with E-state index in [1.165, 1.54) is 0 Å². The second-order valence-corrected chi connectivity index (χ2v) is 4.86. The van der Waals surface area contributed by atoms with Crippen molar-refractivity contribution in [1.29, 1.82) is 0 Å². The second kappa shape index (κ2) is 4.88. The molecule has 4 nitrogen and oxygen atoms in total. The summed E-state index contributed by atoms with van der Waals surface area (Å²) in [5.74, 6) is 1.19. The standard InChI is InChI=1S/C14H19NO3/c1-17-11-5-4-10(8-12(11)18-2)9-14(13(15)16)6-3-7-14/h4-5,8H,3,6-7,9H2,1-2H3,(H2,15,16). The molecule has 0 unspecified atom stereocenters. The molecule has 1 saturated carbocycles. The van der Waals surface area contributed by atoms with Gasteiger partial charge in [0.2, 0.25) is 5.91 Å². The molecule has 4 heteroatoms. The summed E-state index contributed by atoms with van der Waals surface area (Å²) in [5.41, 5.74) is 6.23. The third-order valence-corrected chi connectivity index (χ3v) is 3.82. The van der Waals surface area contributed by atoms with E-state index in [0.29, 0.717) is 17.9 Å². The van der Waals surface area contributed by atoms with Crippen LogP contribution in [-0.2, 0) is 11.2 Å². The number of methoxy groups -OCH3 is 2. The number of nitrogens with two attached hydrogens (primary N) is 1. The van der Waals surface area contributed by atoms with Crippen molar-refractivity contribution in [2.45, 2.75) is 25.7 Å². The van der Waals surface area contributed by atoms with E-state index >= 15 is 0 Å². The Morgan fingerprint density at radius 3 is 2.39 bits per heavy atom. The van der Waals surface area contributed by atoms with E-state index in [1.807, 2.05) is 18.2 Å². The average molecular weight is 249 g/mol. The van der Waals surface area contributed by atoms with Crippen LogP contribution < -0.4 is 15.2 Å². The van der Waals surface area contributed by atoms with Gasteiger partial charge >= 0.3 is 0 Å². The predicted octanol–water partition coefficient (Wildman–Crippen LogP) is 1.90. The van der Waals surface area contributed by atoms with Gasteiger partial charge in [-0.1, -0.05) is 12.5 Å². The molecule has 2 rings (SSSR count). The Morgan fingerprint density at radius 2 is 1.94 bits per heavy atom. The monoisotopic (exact) mass is 249 g/mol. The predicted molar refractivity (Wildman–Crippen MR) is 68.7 cm³/mol. The van der Waals surface area contributed by atoms with Gasteiger partial charge in [-0.25, -0.2) is 0 Å². The van der Waals surface area contributed by atoms with Gasteiger partial charge in [-0.05, 0) is 37.0 Å². The maximum Gasteiger partial charge on any atom is 0.223 e. The molecule has 2 N–H and O–H groups in total. The van der Waals surface area contributed by atoms with Crippen LogP contribution in [-0.4, -0.2) is 20.1 Å². The molecule has 0 bridgehead atoms. The Labute approximate surface area is 107 Å². The van der Waals surface area contributed by atoms with Crippen molar-refractivity contribution in [2.24, 2.45) is 11.1 Å². The third-order valence-electron chi connectivity index (χ3n) is 3.82. The van der Waals surface area contributed by atoms with E-state index in [4.69, 9.17) is 15.2 Å². The largest absolute Gasteiger partial charge is 0.493 e. The first-order chi connectivity index (χ1) is 8.61. The Bertz CT molecular complexity index is 452. The van der Waals surface area contributed by atoms with Gasteiger partial charge in [0.25, 0.3) is 0 Å². The van der Waals surface area contributed by atoms with Gasteiger partial charge in [-0.15, -0.1) is 0 Å². The van der Waals surface area contributed by atoms with Crippen molar-refractivity contribution in [3.63, 3.8) is 0 Å². The van der Waals surface area contributed by atoms with Crippen LogP contribution in [0.4, 0.5) is 0 Å². The first kappa shape index (κ1) is 12.7. The molecule has 0 radical (unpaired) electrons. The number of ether oxygens (including phenoxy) is 2. The zero-order valence-electron chi connectivity index (χ0n) is 10.9. The highest BCUT2D eigenvalue weighted by Crippen LogP contribution is 2.44. The summed E-state index contributed by atoms with van der Waals surface area (Å²) in [6.45, 7) is 0. The van der Waals surface area contributed by atoms with Crippen molar-refractivity contribution >= 4 is 5.91 Å². The maximum absolute atomic E-state index is 11.6. The summed E-state index contributed by atoms with van der Waals surface area (Å²) < 4.78 is 10.5. The van der Waals surface area contributed by atoms with Crippen molar-refractivity contribution in [3.05, 3.63) is 23.8 Å². The molecule has 0 atom stereocenters. The molecule has 0 aliphatic heterocycles. The molecule has 1 aliphatic carbocycles. The number of rotatable bonds is 5. The van der Waals surface area contributed by atoms with Gasteiger partial charge in [0, 0.05) is 0 Å². The fraction of sp³-hybridized carbons (Fsp3) is 0.500. The van der Waals surface area contributed by atoms with Crippen LogP contribution in [0.3, 0.4) is 0 Å². The van der Waals surface area contributed by atoms with Crippen LogP contribution in [0.25, 0.3) is 0 Å². The van der Waals surface area contributed by atoms with E-state index in [9.17, 15) is 4.79 Å². The summed E-state index contributed by atoms with van der Waals surface area (Å²) in [4.78, 5) is 11.6. The van der Waals surface area contributed by atoms with E-state index in [-0.39, 0.29) is 11.3 Å². The van der Waals surface area contributed by atoms with E-state index in [1.54, 1.807) is 14.2 Å². The fourth-order valence-electron chi connectivity index (χ4n) is 2.50.